The van der Waals surface area contributed by atoms with Crippen molar-refractivity contribution in [1.29, 1.82) is 0 Å². The van der Waals surface area contributed by atoms with Crippen LogP contribution in [0.15, 0.2) is 18.2 Å². The third-order valence-corrected chi connectivity index (χ3v) is 4.87. The molecule has 1 N–H and O–H groups in total. The van der Waals surface area contributed by atoms with Gasteiger partial charge in [0.1, 0.15) is 5.00 Å². The number of thiophene rings is 1. The Balaban J connectivity index is 2.43. The number of esters is 1. The van der Waals surface area contributed by atoms with E-state index in [1.54, 1.807) is 27.7 Å². The van der Waals surface area contributed by atoms with Gasteiger partial charge in [0.05, 0.1) is 33.1 Å². The van der Waals surface area contributed by atoms with Gasteiger partial charge in [-0.15, -0.1) is 11.3 Å². The van der Waals surface area contributed by atoms with Crippen molar-refractivity contribution >= 4 is 39.6 Å². The first kappa shape index (κ1) is 21.0. The van der Waals surface area contributed by atoms with E-state index >= 15 is 0 Å². The summed E-state index contributed by atoms with van der Waals surface area (Å²) in [4.78, 5) is 46.1. The van der Waals surface area contributed by atoms with Crippen LogP contribution in [0.2, 0.25) is 0 Å². The van der Waals surface area contributed by atoms with Crippen LogP contribution in [0.25, 0.3) is 0 Å². The average Bonchev–Trinajstić information content (AvgIpc) is 2.87. The predicted molar refractivity (Wildman–Crippen MR) is 102 cm³/mol. The van der Waals surface area contributed by atoms with Crippen molar-refractivity contribution in [2.45, 2.75) is 33.8 Å². The number of carbonyl (C=O) groups excluding carboxylic acids is 2. The molecule has 148 valence electrons. The molecule has 0 aliphatic rings. The monoisotopic (exact) mass is 407 g/mol. The molecule has 0 saturated heterocycles. The maximum atomic E-state index is 12.6. The first-order valence-electron chi connectivity index (χ1n) is 8.07. The van der Waals surface area contributed by atoms with Gasteiger partial charge >= 0.3 is 5.97 Å². The van der Waals surface area contributed by atoms with Gasteiger partial charge in [0, 0.05) is 17.0 Å². The van der Waals surface area contributed by atoms with Crippen molar-refractivity contribution in [1.82, 2.24) is 0 Å². The number of ether oxygens (including phenoxy) is 1. The maximum Gasteiger partial charge on any atom is 0.341 e. The van der Waals surface area contributed by atoms with Crippen LogP contribution in [-0.2, 0) is 4.74 Å². The molecular weight excluding hydrogens is 390 g/mol. The molecule has 11 heteroatoms. The molecule has 0 spiro atoms. The van der Waals surface area contributed by atoms with Gasteiger partial charge in [0.25, 0.3) is 17.3 Å². The lowest BCUT2D eigenvalue weighted by atomic mass is 10.1. The molecule has 1 amide bonds. The number of anilines is 1. The van der Waals surface area contributed by atoms with Crippen LogP contribution in [0.1, 0.15) is 45.0 Å². The lowest BCUT2D eigenvalue weighted by Crippen LogP contribution is -2.17. The first-order chi connectivity index (χ1) is 13.0. The number of hydrogen-bond donors (Lipinski definition) is 1. The van der Waals surface area contributed by atoms with Crippen LogP contribution in [0.3, 0.4) is 0 Å². The second kappa shape index (κ2) is 8.13. The molecule has 0 saturated carbocycles. The van der Waals surface area contributed by atoms with Crippen molar-refractivity contribution < 1.29 is 24.2 Å². The van der Waals surface area contributed by atoms with Crippen LogP contribution in [-0.4, -0.2) is 27.8 Å². The molecule has 1 heterocycles. The minimum absolute atomic E-state index is 0.185. The molecule has 2 aromatic rings. The summed E-state index contributed by atoms with van der Waals surface area (Å²) in [7, 11) is 0. The van der Waals surface area contributed by atoms with Gasteiger partial charge in [-0.3, -0.25) is 25.0 Å². The van der Waals surface area contributed by atoms with E-state index in [1.807, 2.05) is 0 Å². The highest BCUT2D eigenvalue weighted by Gasteiger charge is 2.25. The first-order valence-corrected chi connectivity index (χ1v) is 8.89. The topological polar surface area (TPSA) is 142 Å². The summed E-state index contributed by atoms with van der Waals surface area (Å²) in [6.45, 7) is 6.84. The van der Waals surface area contributed by atoms with E-state index in [9.17, 15) is 29.8 Å². The number of benzene rings is 1. The molecule has 0 fully saturated rings. The zero-order chi connectivity index (χ0) is 21.2. The fraction of sp³-hybridized carbons (Fsp3) is 0.294. The van der Waals surface area contributed by atoms with Crippen molar-refractivity contribution in [3.05, 3.63) is 60.0 Å². The van der Waals surface area contributed by atoms with Gasteiger partial charge in [-0.2, -0.15) is 0 Å². The van der Waals surface area contributed by atoms with Crippen LogP contribution in [0, 0.1) is 34.1 Å². The number of nitrogens with one attached hydrogen (secondary N) is 1. The Kier molecular flexibility index (Phi) is 6.09. The zero-order valence-electron chi connectivity index (χ0n) is 15.5. The zero-order valence-corrected chi connectivity index (χ0v) is 16.3. The van der Waals surface area contributed by atoms with E-state index < -0.39 is 33.1 Å². The number of nitro groups is 2. The number of nitrogens with zero attached hydrogens (tertiary/aromatic N) is 2. The molecule has 28 heavy (non-hydrogen) atoms. The number of carbonyl (C=O) groups is 2. The SMILES string of the molecule is Cc1sc(NC(=O)c2cc([N+](=O)[O-])cc([N+](=O)[O-])c2)c(C(=O)OC(C)C)c1C. The van der Waals surface area contributed by atoms with Gasteiger partial charge in [0.15, 0.2) is 0 Å². The van der Waals surface area contributed by atoms with E-state index in [0.29, 0.717) is 5.56 Å². The highest BCUT2D eigenvalue weighted by molar-refractivity contribution is 7.16. The third-order valence-electron chi connectivity index (χ3n) is 3.75. The van der Waals surface area contributed by atoms with Gasteiger partial charge in [0.2, 0.25) is 0 Å². The molecular formula is C17H17N3O7S. The smallest absolute Gasteiger partial charge is 0.341 e. The predicted octanol–water partition coefficient (Wildman–Crippen LogP) is 4.00. The molecule has 10 nitrogen and oxygen atoms in total. The lowest BCUT2D eigenvalue weighted by Gasteiger charge is -2.10. The minimum Gasteiger partial charge on any atom is -0.459 e. The largest absolute Gasteiger partial charge is 0.459 e. The molecule has 0 aliphatic carbocycles. The normalized spacial score (nSPS) is 10.6. The van der Waals surface area contributed by atoms with E-state index in [-0.39, 0.29) is 22.2 Å². The van der Waals surface area contributed by atoms with Crippen LogP contribution < -0.4 is 5.32 Å². The number of nitro benzene ring substituents is 2. The number of amides is 1. The van der Waals surface area contributed by atoms with E-state index in [2.05, 4.69) is 5.32 Å². The fourth-order valence-corrected chi connectivity index (χ4v) is 3.39. The Labute approximate surface area is 163 Å². The minimum atomic E-state index is -0.825. The summed E-state index contributed by atoms with van der Waals surface area (Å²) in [5.41, 5.74) is -0.622. The van der Waals surface area contributed by atoms with Gasteiger partial charge in [-0.25, -0.2) is 4.79 Å². The summed E-state index contributed by atoms with van der Waals surface area (Å²) < 4.78 is 5.20. The van der Waals surface area contributed by atoms with Crippen molar-refractivity contribution in [2.75, 3.05) is 5.32 Å². The highest BCUT2D eigenvalue weighted by atomic mass is 32.1. The van der Waals surface area contributed by atoms with Crippen LogP contribution in [0.4, 0.5) is 16.4 Å². The molecule has 0 bridgehead atoms. The standard InChI is InChI=1S/C17H17N3O7S/c1-8(2)27-17(22)14-9(3)10(4)28-16(14)18-15(21)11-5-12(19(23)24)7-13(6-11)20(25)26/h5-8H,1-4H3,(H,18,21). The number of hydrogen-bond acceptors (Lipinski definition) is 8. The molecule has 0 unspecified atom stereocenters. The van der Waals surface area contributed by atoms with E-state index in [4.69, 9.17) is 4.74 Å². The van der Waals surface area contributed by atoms with Gasteiger partial charge in [-0.05, 0) is 33.3 Å². The molecule has 1 aromatic heterocycles. The van der Waals surface area contributed by atoms with Gasteiger partial charge in [-0.1, -0.05) is 0 Å². The van der Waals surface area contributed by atoms with Crippen molar-refractivity contribution in [2.24, 2.45) is 0 Å². The Bertz CT molecular complexity index is 949. The Morgan fingerprint density at radius 1 is 1.07 bits per heavy atom. The Morgan fingerprint density at radius 2 is 1.61 bits per heavy atom. The fourth-order valence-electron chi connectivity index (χ4n) is 2.35. The second-order valence-electron chi connectivity index (χ2n) is 6.15. The summed E-state index contributed by atoms with van der Waals surface area (Å²) in [6, 6.07) is 2.63. The summed E-state index contributed by atoms with van der Waals surface area (Å²) in [6.07, 6.45) is -0.366. The maximum absolute atomic E-state index is 12.6. The number of aryl methyl sites for hydroxylation is 1. The van der Waals surface area contributed by atoms with E-state index in [0.717, 1.165) is 34.4 Å². The Morgan fingerprint density at radius 3 is 2.07 bits per heavy atom. The van der Waals surface area contributed by atoms with Crippen molar-refractivity contribution in [3.63, 3.8) is 0 Å². The molecule has 0 aliphatic heterocycles. The van der Waals surface area contributed by atoms with E-state index in [1.165, 1.54) is 0 Å². The quantitative estimate of drug-likeness (QED) is 0.433. The Hall–Kier alpha value is -3.34. The number of rotatable bonds is 6. The van der Waals surface area contributed by atoms with Crippen molar-refractivity contribution in [3.8, 4) is 0 Å². The summed E-state index contributed by atoms with van der Waals surface area (Å²) in [5, 5.41) is 24.7. The summed E-state index contributed by atoms with van der Waals surface area (Å²) in [5.74, 6) is -1.43. The summed E-state index contributed by atoms with van der Waals surface area (Å²) >= 11 is 1.14. The van der Waals surface area contributed by atoms with Gasteiger partial charge < -0.3 is 10.1 Å². The number of non-ortho nitro benzene ring substituents is 2. The second-order valence-corrected chi connectivity index (χ2v) is 7.37. The third kappa shape index (κ3) is 4.49. The molecule has 2 rings (SSSR count). The molecule has 0 atom stereocenters. The molecule has 0 radical (unpaired) electrons. The lowest BCUT2D eigenvalue weighted by molar-refractivity contribution is -0.394. The van der Waals surface area contributed by atoms with Crippen LogP contribution in [0.5, 0.6) is 0 Å². The average molecular weight is 407 g/mol. The van der Waals surface area contributed by atoms with Crippen LogP contribution >= 0.6 is 11.3 Å². The molecule has 1 aromatic carbocycles. The highest BCUT2D eigenvalue weighted by Crippen LogP contribution is 2.34.